The second-order valence-corrected chi connectivity index (χ2v) is 4.42. The van der Waals surface area contributed by atoms with Crippen LogP contribution in [0.1, 0.15) is 37.5 Å². The Kier molecular flexibility index (Phi) is 8.35. The van der Waals surface area contributed by atoms with Gasteiger partial charge in [-0.05, 0) is 19.3 Å². The van der Waals surface area contributed by atoms with E-state index in [4.69, 9.17) is 9.47 Å². The molecule has 1 atom stereocenters. The van der Waals surface area contributed by atoms with Gasteiger partial charge in [0.1, 0.15) is 0 Å². The van der Waals surface area contributed by atoms with E-state index in [2.05, 4.69) is 6.58 Å². The first-order valence-electron chi connectivity index (χ1n) is 6.88. The Labute approximate surface area is 120 Å². The van der Waals surface area contributed by atoms with Crippen LogP contribution >= 0.6 is 0 Å². The molecule has 20 heavy (non-hydrogen) atoms. The average molecular weight is 278 g/mol. The van der Waals surface area contributed by atoms with Gasteiger partial charge in [0.15, 0.2) is 6.29 Å². The fraction of sp³-hybridized carbons (Fsp3) is 0.438. The fourth-order valence-electron chi connectivity index (χ4n) is 1.70. The Balaban J connectivity index is 1.97. The summed E-state index contributed by atoms with van der Waals surface area (Å²) in [6, 6.07) is 9.30. The minimum Gasteiger partial charge on any atom is -0.463 e. The number of rotatable bonds is 10. The summed E-state index contributed by atoms with van der Waals surface area (Å²) in [5, 5.41) is 9.76. The monoisotopic (exact) mass is 278 g/mol. The lowest BCUT2D eigenvalue weighted by molar-refractivity contribution is -0.137. The van der Waals surface area contributed by atoms with Crippen molar-refractivity contribution in [1.82, 2.24) is 0 Å². The number of carbonyl (C=O) groups excluding carboxylic acids is 1. The topological polar surface area (TPSA) is 55.8 Å². The van der Waals surface area contributed by atoms with Gasteiger partial charge < -0.3 is 14.6 Å². The lowest BCUT2D eigenvalue weighted by Crippen LogP contribution is -2.05. The third kappa shape index (κ3) is 7.07. The Hall–Kier alpha value is -1.65. The average Bonchev–Trinajstić information content (AvgIpc) is 2.50. The van der Waals surface area contributed by atoms with E-state index < -0.39 is 6.29 Å². The molecule has 0 saturated carbocycles. The molecule has 1 aromatic rings. The van der Waals surface area contributed by atoms with Crippen LogP contribution in [0, 0.1) is 0 Å². The largest absolute Gasteiger partial charge is 0.463 e. The fourth-order valence-corrected chi connectivity index (χ4v) is 1.70. The molecule has 4 nitrogen and oxygen atoms in total. The lowest BCUT2D eigenvalue weighted by atomic mass is 10.2. The van der Waals surface area contributed by atoms with Gasteiger partial charge in [0.2, 0.25) is 0 Å². The first kappa shape index (κ1) is 16.4. The van der Waals surface area contributed by atoms with Gasteiger partial charge in [-0.15, -0.1) is 0 Å². The normalized spacial score (nSPS) is 11.8. The number of ether oxygens (including phenoxy) is 2. The van der Waals surface area contributed by atoms with Crippen molar-refractivity contribution in [3.8, 4) is 0 Å². The van der Waals surface area contributed by atoms with Crippen molar-refractivity contribution in [2.45, 2.75) is 32.0 Å². The number of hydrogen-bond donors (Lipinski definition) is 1. The molecule has 1 N–H and O–H groups in total. The van der Waals surface area contributed by atoms with Gasteiger partial charge >= 0.3 is 5.97 Å². The van der Waals surface area contributed by atoms with E-state index >= 15 is 0 Å². The molecule has 0 fully saturated rings. The van der Waals surface area contributed by atoms with Crippen LogP contribution in [0.2, 0.25) is 0 Å². The molecule has 0 saturated heterocycles. The lowest BCUT2D eigenvalue weighted by Gasteiger charge is -2.11. The molecular formula is C16H22O4. The van der Waals surface area contributed by atoms with Crippen LogP contribution in [0.5, 0.6) is 0 Å². The standard InChI is InChI=1S/C16H22O4/c1-2-15(17)19-12-8-3-4-9-13-20-16(18)14-10-6-5-7-11-14/h2,5-7,10-11,16,18H,1,3-4,8-9,12-13H2. The quantitative estimate of drug-likeness (QED) is 0.309. The van der Waals surface area contributed by atoms with E-state index in [9.17, 15) is 9.90 Å². The zero-order valence-corrected chi connectivity index (χ0v) is 11.7. The van der Waals surface area contributed by atoms with Gasteiger partial charge in [0.25, 0.3) is 0 Å². The van der Waals surface area contributed by atoms with Crippen LogP contribution in [0.4, 0.5) is 0 Å². The van der Waals surface area contributed by atoms with E-state index in [1.54, 1.807) is 0 Å². The first-order chi connectivity index (χ1) is 9.74. The molecule has 1 aromatic carbocycles. The zero-order valence-electron chi connectivity index (χ0n) is 11.7. The van der Waals surface area contributed by atoms with Gasteiger partial charge in [-0.3, -0.25) is 0 Å². The summed E-state index contributed by atoms with van der Waals surface area (Å²) >= 11 is 0. The highest BCUT2D eigenvalue weighted by Gasteiger charge is 2.05. The molecule has 0 heterocycles. The van der Waals surface area contributed by atoms with Crippen LogP contribution in [0.25, 0.3) is 0 Å². The van der Waals surface area contributed by atoms with E-state index in [-0.39, 0.29) is 5.97 Å². The molecule has 4 heteroatoms. The summed E-state index contributed by atoms with van der Waals surface area (Å²) in [6.45, 7) is 4.27. The van der Waals surface area contributed by atoms with Crippen molar-refractivity contribution in [1.29, 1.82) is 0 Å². The minimum absolute atomic E-state index is 0.376. The number of unbranched alkanes of at least 4 members (excludes halogenated alkanes) is 3. The molecular weight excluding hydrogens is 256 g/mol. The molecule has 0 aliphatic heterocycles. The van der Waals surface area contributed by atoms with Gasteiger partial charge in [-0.25, -0.2) is 4.79 Å². The number of aliphatic hydroxyl groups excluding tert-OH is 1. The van der Waals surface area contributed by atoms with Crippen molar-refractivity contribution in [3.05, 3.63) is 48.6 Å². The maximum absolute atomic E-state index is 10.8. The molecule has 0 bridgehead atoms. The molecule has 1 rings (SSSR count). The van der Waals surface area contributed by atoms with Crippen molar-refractivity contribution < 1.29 is 19.4 Å². The predicted octanol–water partition coefficient (Wildman–Crippen LogP) is 2.98. The number of hydrogen-bond acceptors (Lipinski definition) is 4. The summed E-state index contributed by atoms with van der Waals surface area (Å²) in [6.07, 6.45) is 3.96. The van der Waals surface area contributed by atoms with E-state index in [0.29, 0.717) is 13.2 Å². The molecule has 0 aliphatic rings. The van der Waals surface area contributed by atoms with E-state index in [1.165, 1.54) is 6.08 Å². The summed E-state index contributed by atoms with van der Waals surface area (Å²) in [5.41, 5.74) is 0.767. The van der Waals surface area contributed by atoms with Crippen molar-refractivity contribution in [2.24, 2.45) is 0 Å². The van der Waals surface area contributed by atoms with Gasteiger partial charge in [0, 0.05) is 11.6 Å². The molecule has 0 amide bonds. The van der Waals surface area contributed by atoms with Crippen molar-refractivity contribution >= 4 is 5.97 Å². The summed E-state index contributed by atoms with van der Waals surface area (Å²) in [5.74, 6) is -0.376. The highest BCUT2D eigenvalue weighted by molar-refractivity contribution is 5.81. The smallest absolute Gasteiger partial charge is 0.330 e. The molecule has 0 aromatic heterocycles. The van der Waals surface area contributed by atoms with Crippen LogP contribution < -0.4 is 0 Å². The first-order valence-corrected chi connectivity index (χ1v) is 6.88. The van der Waals surface area contributed by atoms with Crippen LogP contribution in [-0.4, -0.2) is 24.3 Å². The SMILES string of the molecule is C=CC(=O)OCCCCCCOC(O)c1ccccc1. The zero-order chi connectivity index (χ0) is 14.6. The van der Waals surface area contributed by atoms with Gasteiger partial charge in [0.05, 0.1) is 13.2 Å². The van der Waals surface area contributed by atoms with Crippen LogP contribution in [0.15, 0.2) is 43.0 Å². The summed E-state index contributed by atoms with van der Waals surface area (Å²) in [4.78, 5) is 10.8. The third-order valence-corrected chi connectivity index (χ3v) is 2.81. The minimum atomic E-state index is -0.857. The maximum atomic E-state index is 10.8. The Morgan fingerprint density at radius 1 is 1.15 bits per heavy atom. The second-order valence-electron chi connectivity index (χ2n) is 4.42. The number of carbonyl (C=O) groups is 1. The Morgan fingerprint density at radius 3 is 2.45 bits per heavy atom. The molecule has 0 spiro atoms. The maximum Gasteiger partial charge on any atom is 0.330 e. The van der Waals surface area contributed by atoms with Gasteiger partial charge in [-0.1, -0.05) is 43.3 Å². The highest BCUT2D eigenvalue weighted by Crippen LogP contribution is 2.14. The van der Waals surface area contributed by atoms with Gasteiger partial charge in [-0.2, -0.15) is 0 Å². The highest BCUT2D eigenvalue weighted by atomic mass is 16.6. The molecule has 0 radical (unpaired) electrons. The second kappa shape index (κ2) is 10.2. The summed E-state index contributed by atoms with van der Waals surface area (Å²) in [7, 11) is 0. The van der Waals surface area contributed by atoms with Crippen LogP contribution in [0.3, 0.4) is 0 Å². The third-order valence-electron chi connectivity index (χ3n) is 2.81. The Morgan fingerprint density at radius 2 is 1.80 bits per heavy atom. The Bertz CT molecular complexity index is 389. The van der Waals surface area contributed by atoms with Crippen molar-refractivity contribution in [3.63, 3.8) is 0 Å². The number of esters is 1. The van der Waals surface area contributed by atoms with E-state index in [1.807, 2.05) is 30.3 Å². The number of benzene rings is 1. The number of aliphatic hydroxyl groups is 1. The van der Waals surface area contributed by atoms with Crippen molar-refractivity contribution in [2.75, 3.05) is 13.2 Å². The summed E-state index contributed by atoms with van der Waals surface area (Å²) < 4.78 is 10.2. The predicted molar refractivity (Wildman–Crippen MR) is 77.0 cm³/mol. The molecule has 1 unspecified atom stereocenters. The van der Waals surface area contributed by atoms with E-state index in [0.717, 1.165) is 31.2 Å². The molecule has 110 valence electrons. The molecule has 0 aliphatic carbocycles. The van der Waals surface area contributed by atoms with Crippen LogP contribution in [-0.2, 0) is 14.3 Å².